The Labute approximate surface area is 294 Å². The van der Waals surface area contributed by atoms with Gasteiger partial charge in [0.2, 0.25) is 11.5 Å². The van der Waals surface area contributed by atoms with Gasteiger partial charge in [0.05, 0.1) is 26.4 Å². The summed E-state index contributed by atoms with van der Waals surface area (Å²) < 4.78 is 47.4. The molecular formula is C40H56ClO6P. The monoisotopic (exact) mass is 698 g/mol. The fraction of sp³-hybridized carbons (Fsp3) is 0.550. The minimum atomic E-state index is -3.83. The maximum atomic E-state index is 16.9. The minimum Gasteiger partial charge on any atom is -0.496 e. The predicted octanol–water partition coefficient (Wildman–Crippen LogP) is 9.70. The number of hydrogen-bond acceptors (Lipinski definition) is 6. The number of methoxy groups -OCH3 is 3. The summed E-state index contributed by atoms with van der Waals surface area (Å²) in [6.07, 6.45) is 0. The average molecular weight is 699 g/mol. The van der Waals surface area contributed by atoms with Crippen LogP contribution in [0.1, 0.15) is 119 Å². The molecule has 0 spiro atoms. The average Bonchev–Trinajstić information content (AvgIpc) is 3.29. The van der Waals surface area contributed by atoms with Crippen molar-refractivity contribution in [2.75, 3.05) is 21.3 Å². The molecule has 1 heterocycles. The Morgan fingerprint density at radius 1 is 0.583 bits per heavy atom. The SMILES string of the molecule is COc1cc(P(=O)(c2cc(C(C)(C)C)c(OC)c(C(C)(C)C)c2)c2cc(C(C)(C)C)c(OC)c(C(C)(C)C)c2)c(Cl)c2c1OC(C)(C)O2. The van der Waals surface area contributed by atoms with Crippen molar-refractivity contribution in [3.8, 4) is 28.7 Å². The number of halogens is 1. The van der Waals surface area contributed by atoms with Crippen LogP contribution in [0.2, 0.25) is 5.02 Å². The van der Waals surface area contributed by atoms with E-state index in [1.165, 1.54) is 0 Å². The third-order valence-electron chi connectivity index (χ3n) is 8.89. The fourth-order valence-corrected chi connectivity index (χ4v) is 9.66. The summed E-state index contributed by atoms with van der Waals surface area (Å²) in [5.41, 5.74) is 2.49. The van der Waals surface area contributed by atoms with E-state index in [0.29, 0.717) is 33.2 Å². The highest BCUT2D eigenvalue weighted by molar-refractivity contribution is 7.85. The van der Waals surface area contributed by atoms with Gasteiger partial charge in [0, 0.05) is 52.0 Å². The zero-order valence-electron chi connectivity index (χ0n) is 32.2. The van der Waals surface area contributed by atoms with Crippen molar-refractivity contribution in [1.29, 1.82) is 0 Å². The molecule has 1 aliphatic rings. The summed E-state index contributed by atoms with van der Waals surface area (Å²) in [5.74, 6) is 1.71. The zero-order chi connectivity index (χ0) is 36.6. The molecule has 264 valence electrons. The highest BCUT2D eigenvalue weighted by atomic mass is 35.5. The van der Waals surface area contributed by atoms with Crippen molar-refractivity contribution < 1.29 is 28.2 Å². The van der Waals surface area contributed by atoms with Gasteiger partial charge in [-0.05, 0) is 52.0 Å². The second-order valence-corrected chi connectivity index (χ2v) is 20.5. The molecular weight excluding hydrogens is 643 g/mol. The van der Waals surface area contributed by atoms with Crippen molar-refractivity contribution in [3.05, 3.63) is 57.6 Å². The quantitative estimate of drug-likeness (QED) is 0.239. The first kappa shape index (κ1) is 38.0. The van der Waals surface area contributed by atoms with Crippen LogP contribution in [0.4, 0.5) is 0 Å². The van der Waals surface area contributed by atoms with E-state index in [2.05, 4.69) is 83.1 Å². The van der Waals surface area contributed by atoms with E-state index in [4.69, 9.17) is 35.3 Å². The third kappa shape index (κ3) is 6.69. The number of benzene rings is 3. The van der Waals surface area contributed by atoms with Gasteiger partial charge in [-0.2, -0.15) is 0 Å². The van der Waals surface area contributed by atoms with E-state index in [-0.39, 0.29) is 26.7 Å². The van der Waals surface area contributed by atoms with Gasteiger partial charge in [0.1, 0.15) is 11.5 Å². The molecule has 0 aliphatic carbocycles. The molecule has 0 N–H and O–H groups in total. The molecule has 48 heavy (non-hydrogen) atoms. The zero-order valence-corrected chi connectivity index (χ0v) is 33.8. The van der Waals surface area contributed by atoms with Gasteiger partial charge >= 0.3 is 0 Å². The summed E-state index contributed by atoms with van der Waals surface area (Å²) in [4.78, 5) is 0. The predicted molar refractivity (Wildman–Crippen MR) is 201 cm³/mol. The van der Waals surface area contributed by atoms with Crippen LogP contribution in [0.3, 0.4) is 0 Å². The molecule has 0 aromatic heterocycles. The summed E-state index contributed by atoms with van der Waals surface area (Å²) in [7, 11) is 1.14. The van der Waals surface area contributed by atoms with E-state index >= 15 is 4.57 Å². The van der Waals surface area contributed by atoms with Gasteiger partial charge < -0.3 is 28.2 Å². The van der Waals surface area contributed by atoms with Crippen molar-refractivity contribution in [3.63, 3.8) is 0 Å². The van der Waals surface area contributed by atoms with Gasteiger partial charge in [-0.1, -0.05) is 94.7 Å². The maximum absolute atomic E-state index is 16.9. The van der Waals surface area contributed by atoms with Crippen LogP contribution in [0.25, 0.3) is 0 Å². The molecule has 0 saturated heterocycles. The molecule has 6 nitrogen and oxygen atoms in total. The van der Waals surface area contributed by atoms with Gasteiger partial charge in [-0.25, -0.2) is 0 Å². The first-order valence-corrected chi connectivity index (χ1v) is 18.7. The van der Waals surface area contributed by atoms with E-state index in [0.717, 1.165) is 33.8 Å². The van der Waals surface area contributed by atoms with Crippen LogP contribution < -0.4 is 39.6 Å². The van der Waals surface area contributed by atoms with Crippen molar-refractivity contribution in [2.45, 2.75) is 124 Å². The molecule has 0 fully saturated rings. The lowest BCUT2D eigenvalue weighted by Crippen LogP contribution is -2.32. The lowest BCUT2D eigenvalue weighted by atomic mass is 9.79. The van der Waals surface area contributed by atoms with Crippen LogP contribution in [0.5, 0.6) is 28.7 Å². The third-order valence-corrected chi connectivity index (χ3v) is 12.4. The Kier molecular flexibility index (Phi) is 9.65. The van der Waals surface area contributed by atoms with E-state index in [1.54, 1.807) is 27.4 Å². The maximum Gasteiger partial charge on any atom is 0.246 e. The molecule has 3 aromatic rings. The van der Waals surface area contributed by atoms with Crippen molar-refractivity contribution in [2.24, 2.45) is 0 Å². The number of fused-ring (bicyclic) bond motifs is 1. The fourth-order valence-electron chi connectivity index (χ4n) is 6.35. The Bertz CT molecular complexity index is 1620. The summed E-state index contributed by atoms with van der Waals surface area (Å²) in [5, 5.41) is 1.93. The smallest absolute Gasteiger partial charge is 0.246 e. The molecule has 8 heteroatoms. The van der Waals surface area contributed by atoms with E-state index in [1.807, 2.05) is 38.1 Å². The van der Waals surface area contributed by atoms with Crippen LogP contribution >= 0.6 is 18.7 Å². The number of hydrogen-bond donors (Lipinski definition) is 0. The van der Waals surface area contributed by atoms with Gasteiger partial charge in [-0.3, -0.25) is 0 Å². The van der Waals surface area contributed by atoms with Crippen molar-refractivity contribution >= 4 is 34.7 Å². The highest BCUT2D eigenvalue weighted by Gasteiger charge is 2.44. The lowest BCUT2D eigenvalue weighted by molar-refractivity contribution is -0.0439. The van der Waals surface area contributed by atoms with Crippen LogP contribution in [-0.4, -0.2) is 27.1 Å². The van der Waals surface area contributed by atoms with Gasteiger partial charge in [0.15, 0.2) is 18.6 Å². The normalized spacial score (nSPS) is 15.0. The first-order valence-electron chi connectivity index (χ1n) is 16.6. The molecule has 0 bridgehead atoms. The largest absolute Gasteiger partial charge is 0.496 e. The molecule has 0 amide bonds. The Hall–Kier alpha value is -2.82. The van der Waals surface area contributed by atoms with Crippen LogP contribution in [0.15, 0.2) is 30.3 Å². The summed E-state index contributed by atoms with van der Waals surface area (Å²) in [6, 6.07) is 9.95. The highest BCUT2D eigenvalue weighted by Crippen LogP contribution is 2.57. The second kappa shape index (κ2) is 12.2. The topological polar surface area (TPSA) is 63.2 Å². The van der Waals surface area contributed by atoms with Gasteiger partial charge in [0.25, 0.3) is 0 Å². The van der Waals surface area contributed by atoms with Gasteiger partial charge in [-0.15, -0.1) is 0 Å². The number of rotatable bonds is 6. The molecule has 3 aromatic carbocycles. The Balaban J connectivity index is 2.34. The standard InChI is InChI=1S/C40H56ClO6P/c1-36(2,3)25-18-23(19-26(32(25)44-16)37(4,5)6)48(42,30-22-29(43-15)34-35(31(30)41)47-40(13,14)46-34)24-20-27(38(7,8)9)33(45-17)28(21-24)39(10,11)12/h18-22H,1-17H3. The minimum absolute atomic E-state index is 0.232. The molecule has 0 radical (unpaired) electrons. The molecule has 1 aliphatic heterocycles. The summed E-state index contributed by atoms with van der Waals surface area (Å²) >= 11 is 7.35. The number of ether oxygens (including phenoxy) is 5. The summed E-state index contributed by atoms with van der Waals surface area (Å²) in [6.45, 7) is 29.4. The van der Waals surface area contributed by atoms with Crippen LogP contribution in [-0.2, 0) is 26.2 Å². The van der Waals surface area contributed by atoms with Crippen molar-refractivity contribution in [1.82, 2.24) is 0 Å². The molecule has 0 saturated carbocycles. The van der Waals surface area contributed by atoms with E-state index < -0.39 is 12.9 Å². The molecule has 0 atom stereocenters. The van der Waals surface area contributed by atoms with Crippen LogP contribution in [0, 0.1) is 0 Å². The molecule has 4 rings (SSSR count). The Morgan fingerprint density at radius 3 is 1.21 bits per heavy atom. The second-order valence-electron chi connectivity index (χ2n) is 17.4. The lowest BCUT2D eigenvalue weighted by Gasteiger charge is -2.34. The van der Waals surface area contributed by atoms with E-state index in [9.17, 15) is 0 Å². The Morgan fingerprint density at radius 2 is 0.917 bits per heavy atom. The molecule has 0 unspecified atom stereocenters. The first-order chi connectivity index (χ1) is 21.7.